The van der Waals surface area contributed by atoms with Gasteiger partial charge in [0.15, 0.2) is 6.10 Å². The molecular weight excluding hydrogens is 475 g/mol. The minimum atomic E-state index is -0.905. The summed E-state index contributed by atoms with van der Waals surface area (Å²) in [7, 11) is 0. The van der Waals surface area contributed by atoms with E-state index in [-0.39, 0.29) is 17.6 Å². The maximum atomic E-state index is 13.4. The van der Waals surface area contributed by atoms with Gasteiger partial charge in [0.05, 0.1) is 36.4 Å². The number of rotatable bonds is 7. The fraction of sp³-hybridized carbons (Fsp3) is 0.423. The average molecular weight is 505 g/mol. The van der Waals surface area contributed by atoms with Gasteiger partial charge in [-0.1, -0.05) is 0 Å². The number of aromatic nitrogens is 3. The summed E-state index contributed by atoms with van der Waals surface area (Å²) in [5, 5.41) is 27.0. The number of halogens is 1. The van der Waals surface area contributed by atoms with E-state index in [1.165, 1.54) is 35.6 Å². The number of nitrogens with two attached hydrogens (primary N) is 1. The van der Waals surface area contributed by atoms with E-state index in [4.69, 9.17) is 15.6 Å². The molecule has 0 amide bonds. The minimum absolute atomic E-state index is 0.231. The van der Waals surface area contributed by atoms with E-state index >= 15 is 0 Å². The Labute approximate surface area is 213 Å². The fourth-order valence-electron chi connectivity index (χ4n) is 5.40. The van der Waals surface area contributed by atoms with E-state index in [1.807, 2.05) is 6.92 Å². The summed E-state index contributed by atoms with van der Waals surface area (Å²) in [6.07, 6.45) is 6.07. The lowest BCUT2D eigenvalue weighted by molar-refractivity contribution is 0.0646. The molecule has 11 heteroatoms. The zero-order chi connectivity index (χ0) is 26.0. The molecule has 1 saturated heterocycles. The zero-order valence-corrected chi connectivity index (χ0v) is 20.6. The van der Waals surface area contributed by atoms with Gasteiger partial charge in [-0.25, -0.2) is 9.37 Å². The Morgan fingerprint density at radius 2 is 2.11 bits per heavy atom. The third-order valence-electron chi connectivity index (χ3n) is 7.32. The van der Waals surface area contributed by atoms with Crippen LogP contribution in [0.4, 0.5) is 4.39 Å². The van der Waals surface area contributed by atoms with Crippen molar-refractivity contribution < 1.29 is 14.2 Å². The van der Waals surface area contributed by atoms with Gasteiger partial charge >= 0.3 is 0 Å². The number of aliphatic hydroxyl groups is 1. The summed E-state index contributed by atoms with van der Waals surface area (Å²) >= 11 is 0. The van der Waals surface area contributed by atoms with E-state index in [0.717, 1.165) is 32.1 Å². The molecular formula is C26H29FN8O2. The number of aliphatic hydroxyl groups excluding tert-OH is 1. The van der Waals surface area contributed by atoms with Crippen molar-refractivity contribution in [2.24, 2.45) is 21.4 Å². The van der Waals surface area contributed by atoms with Crippen molar-refractivity contribution in [3.63, 3.8) is 0 Å². The third-order valence-corrected chi connectivity index (χ3v) is 7.32. The highest BCUT2D eigenvalue weighted by Crippen LogP contribution is 2.49. The van der Waals surface area contributed by atoms with Gasteiger partial charge in [0.2, 0.25) is 5.88 Å². The molecule has 37 heavy (non-hydrogen) atoms. The van der Waals surface area contributed by atoms with Crippen molar-refractivity contribution in [3.05, 3.63) is 59.4 Å². The lowest BCUT2D eigenvalue weighted by Crippen LogP contribution is -2.47. The smallest absolute Gasteiger partial charge is 0.201 e. The maximum absolute atomic E-state index is 13.4. The Bertz CT molecular complexity index is 1380. The molecule has 0 aromatic carbocycles. The molecule has 3 aromatic heterocycles. The van der Waals surface area contributed by atoms with E-state index in [2.05, 4.69) is 26.5 Å². The maximum Gasteiger partial charge on any atom is 0.201 e. The van der Waals surface area contributed by atoms with Crippen molar-refractivity contribution in [3.8, 4) is 11.9 Å². The predicted octanol–water partition coefficient (Wildman–Crippen LogP) is 2.51. The SMILES string of the molecule is CC(=NC1CC2(CCNCC2)C1)/C(=N\N)c1cc(OC(CO)c2ccc(F)cn2)n2c(C#N)cnc2c1. The fourth-order valence-corrected chi connectivity index (χ4v) is 5.40. The van der Waals surface area contributed by atoms with E-state index in [1.54, 1.807) is 12.1 Å². The van der Waals surface area contributed by atoms with Crippen LogP contribution < -0.4 is 15.9 Å². The zero-order valence-electron chi connectivity index (χ0n) is 20.6. The van der Waals surface area contributed by atoms with Crippen LogP contribution in [0.2, 0.25) is 0 Å². The first-order chi connectivity index (χ1) is 17.9. The van der Waals surface area contributed by atoms with Crippen LogP contribution in [0.3, 0.4) is 0 Å². The van der Waals surface area contributed by atoms with Crippen LogP contribution in [0.5, 0.6) is 5.88 Å². The van der Waals surface area contributed by atoms with Crippen molar-refractivity contribution in [1.29, 1.82) is 5.26 Å². The number of hydrogen-bond donors (Lipinski definition) is 3. The summed E-state index contributed by atoms with van der Waals surface area (Å²) in [5.41, 5.74) is 3.23. The number of piperidine rings is 1. The van der Waals surface area contributed by atoms with Gasteiger partial charge in [0.1, 0.15) is 28.9 Å². The quantitative estimate of drug-likeness (QED) is 0.254. The number of imidazole rings is 1. The van der Waals surface area contributed by atoms with Crippen LogP contribution >= 0.6 is 0 Å². The van der Waals surface area contributed by atoms with Gasteiger partial charge in [-0.15, -0.1) is 0 Å². The monoisotopic (exact) mass is 504 g/mol. The molecule has 1 saturated carbocycles. The number of nitrogens with zero attached hydrogens (tertiary/aromatic N) is 6. The predicted molar refractivity (Wildman–Crippen MR) is 136 cm³/mol. The van der Waals surface area contributed by atoms with Crippen molar-refractivity contribution in [1.82, 2.24) is 19.7 Å². The van der Waals surface area contributed by atoms with Gasteiger partial charge < -0.3 is 21.0 Å². The molecule has 4 N–H and O–H groups in total. The molecule has 0 bridgehead atoms. The molecule has 3 aromatic rings. The topological polar surface area (TPSA) is 146 Å². The second-order valence-electron chi connectivity index (χ2n) is 9.73. The Morgan fingerprint density at radius 1 is 1.32 bits per heavy atom. The Morgan fingerprint density at radius 3 is 2.76 bits per heavy atom. The van der Waals surface area contributed by atoms with Gasteiger partial charge in [-0.05, 0) is 69.3 Å². The van der Waals surface area contributed by atoms with Gasteiger partial charge in [0, 0.05) is 11.6 Å². The van der Waals surface area contributed by atoms with Gasteiger partial charge in [-0.3, -0.25) is 14.4 Å². The van der Waals surface area contributed by atoms with Crippen LogP contribution in [-0.4, -0.2) is 56.6 Å². The summed E-state index contributed by atoms with van der Waals surface area (Å²) in [6.45, 7) is 3.59. The summed E-state index contributed by atoms with van der Waals surface area (Å²) < 4.78 is 21.0. The number of hydrogen-bond acceptors (Lipinski definition) is 9. The molecule has 192 valence electrons. The number of fused-ring (bicyclic) bond motifs is 1. The summed E-state index contributed by atoms with van der Waals surface area (Å²) in [6, 6.07) is 8.45. The van der Waals surface area contributed by atoms with Crippen LogP contribution in [-0.2, 0) is 0 Å². The number of ether oxygens (including phenoxy) is 1. The summed E-state index contributed by atoms with van der Waals surface area (Å²) in [5.74, 6) is 5.56. The van der Waals surface area contributed by atoms with Crippen molar-refractivity contribution in [2.75, 3.05) is 19.7 Å². The number of nitriles is 1. The molecule has 1 aliphatic heterocycles. The van der Waals surface area contributed by atoms with E-state index in [9.17, 15) is 14.8 Å². The molecule has 4 heterocycles. The first-order valence-corrected chi connectivity index (χ1v) is 12.3. The number of nitrogens with one attached hydrogen (secondary N) is 1. The number of aliphatic imine (C=N–C) groups is 1. The summed E-state index contributed by atoms with van der Waals surface area (Å²) in [4.78, 5) is 13.3. The van der Waals surface area contributed by atoms with Crippen LogP contribution in [0, 0.1) is 22.6 Å². The molecule has 5 rings (SSSR count). The van der Waals surface area contributed by atoms with Gasteiger partial charge in [-0.2, -0.15) is 10.4 Å². The molecule has 2 aliphatic rings. The van der Waals surface area contributed by atoms with Crippen LogP contribution in [0.1, 0.15) is 55.7 Å². The molecule has 1 aliphatic carbocycles. The van der Waals surface area contributed by atoms with Crippen LogP contribution in [0.25, 0.3) is 5.65 Å². The highest BCUT2D eigenvalue weighted by atomic mass is 19.1. The molecule has 1 unspecified atom stereocenters. The minimum Gasteiger partial charge on any atom is -0.466 e. The number of hydrazone groups is 1. The lowest BCUT2D eigenvalue weighted by atomic mass is 9.61. The average Bonchev–Trinajstić information content (AvgIpc) is 3.31. The standard InChI is InChI=1S/C26H29FN8O2/c1-16(33-19-10-26(11-19)4-6-30-7-5-26)25(34-29)17-8-23-32-14-20(12-28)35(23)24(9-17)37-22(15-36)21-3-2-18(27)13-31-21/h2-3,8-9,13-14,19,22,30,36H,4-7,10-11,15,29H2,1H3/b33-16?,34-25+. The van der Waals surface area contributed by atoms with E-state index < -0.39 is 18.5 Å². The second-order valence-corrected chi connectivity index (χ2v) is 9.73. The first-order valence-electron chi connectivity index (χ1n) is 12.3. The largest absolute Gasteiger partial charge is 0.466 e. The van der Waals surface area contributed by atoms with Crippen LogP contribution in [0.15, 0.2) is 46.8 Å². The van der Waals surface area contributed by atoms with E-state index in [0.29, 0.717) is 33.7 Å². The third kappa shape index (κ3) is 4.90. The molecule has 10 nitrogen and oxygen atoms in total. The second kappa shape index (κ2) is 10.2. The first kappa shape index (κ1) is 24.8. The normalized spacial score (nSPS) is 19.0. The highest BCUT2D eigenvalue weighted by Gasteiger charge is 2.44. The molecule has 0 radical (unpaired) electrons. The molecule has 1 atom stereocenters. The molecule has 2 fully saturated rings. The van der Waals surface area contributed by atoms with Gasteiger partial charge in [0.25, 0.3) is 0 Å². The van der Waals surface area contributed by atoms with Crippen molar-refractivity contribution in [2.45, 2.75) is 44.8 Å². The molecule has 1 spiro atoms. The Kier molecular flexibility index (Phi) is 6.86. The number of pyridine rings is 2. The highest BCUT2D eigenvalue weighted by molar-refractivity contribution is 6.47. The Hall–Kier alpha value is -3.88. The Balaban J connectivity index is 1.46. The lowest BCUT2D eigenvalue weighted by Gasteiger charge is -2.49. The van der Waals surface area contributed by atoms with Crippen molar-refractivity contribution >= 4 is 17.1 Å².